The predicted octanol–water partition coefficient (Wildman–Crippen LogP) is 5.76. The Hall–Kier alpha value is -2.65. The number of hydrogen-bond acceptors (Lipinski definition) is 5. The number of thiazole rings is 1. The van der Waals surface area contributed by atoms with Crippen LogP contribution in [-0.4, -0.2) is 15.0 Å². The molecule has 134 valence electrons. The molecule has 1 N–H and O–H groups in total. The lowest BCUT2D eigenvalue weighted by Gasteiger charge is -2.08. The van der Waals surface area contributed by atoms with Crippen LogP contribution < -0.4 is 0 Å². The van der Waals surface area contributed by atoms with Crippen LogP contribution in [0.2, 0.25) is 5.02 Å². The van der Waals surface area contributed by atoms with Crippen molar-refractivity contribution in [3.63, 3.8) is 0 Å². The second-order valence-electron chi connectivity index (χ2n) is 5.19. The van der Waals surface area contributed by atoms with Gasteiger partial charge < -0.3 is 5.11 Å². The van der Waals surface area contributed by atoms with E-state index in [-0.39, 0.29) is 22.0 Å². The lowest BCUT2D eigenvalue weighted by molar-refractivity contribution is -0.384. The molecular formula is C16H8ClF3N2O3S. The van der Waals surface area contributed by atoms with E-state index in [1.54, 1.807) is 0 Å². The average molecular weight is 401 g/mol. The van der Waals surface area contributed by atoms with Crippen molar-refractivity contribution in [3.8, 4) is 27.6 Å². The first-order chi connectivity index (χ1) is 12.2. The highest BCUT2D eigenvalue weighted by Gasteiger charge is 2.31. The van der Waals surface area contributed by atoms with Crippen LogP contribution in [0.1, 0.15) is 5.56 Å². The third-order valence-corrected chi connectivity index (χ3v) is 4.70. The second-order valence-corrected chi connectivity index (χ2v) is 6.45. The monoisotopic (exact) mass is 400 g/mol. The van der Waals surface area contributed by atoms with Gasteiger partial charge in [0.05, 0.1) is 21.2 Å². The summed E-state index contributed by atoms with van der Waals surface area (Å²) in [5.74, 6) is -0.568. The van der Waals surface area contributed by atoms with E-state index in [9.17, 15) is 28.4 Å². The summed E-state index contributed by atoms with van der Waals surface area (Å²) in [5.41, 5.74) is -0.473. The maximum atomic E-state index is 12.7. The molecule has 0 aliphatic carbocycles. The number of halogens is 4. The Morgan fingerprint density at radius 1 is 1.15 bits per heavy atom. The minimum absolute atomic E-state index is 0.113. The van der Waals surface area contributed by atoms with E-state index in [2.05, 4.69) is 4.98 Å². The number of nitrogens with zero attached hydrogens (tertiary/aromatic N) is 2. The topological polar surface area (TPSA) is 76.3 Å². The molecule has 0 saturated heterocycles. The Balaban J connectivity index is 2.01. The van der Waals surface area contributed by atoms with Crippen molar-refractivity contribution < 1.29 is 23.2 Å². The summed E-state index contributed by atoms with van der Waals surface area (Å²) in [7, 11) is 0. The Kier molecular flexibility index (Phi) is 4.59. The average Bonchev–Trinajstić information content (AvgIpc) is 3.03. The molecule has 3 rings (SSSR count). The number of nitro groups is 1. The van der Waals surface area contributed by atoms with E-state index >= 15 is 0 Å². The van der Waals surface area contributed by atoms with Gasteiger partial charge in [0, 0.05) is 28.6 Å². The van der Waals surface area contributed by atoms with Crippen LogP contribution in [0.4, 0.5) is 18.9 Å². The summed E-state index contributed by atoms with van der Waals surface area (Å²) in [4.78, 5) is 14.6. The van der Waals surface area contributed by atoms with Gasteiger partial charge in [-0.3, -0.25) is 10.1 Å². The number of aromatic hydroxyl groups is 1. The first kappa shape index (κ1) is 18.2. The van der Waals surface area contributed by atoms with E-state index in [1.807, 2.05) is 0 Å². The van der Waals surface area contributed by atoms with Gasteiger partial charge in [0.1, 0.15) is 10.8 Å². The van der Waals surface area contributed by atoms with Crippen LogP contribution in [0.25, 0.3) is 21.8 Å². The predicted molar refractivity (Wildman–Crippen MR) is 91.3 cm³/mol. The molecule has 0 spiro atoms. The Morgan fingerprint density at radius 2 is 1.88 bits per heavy atom. The number of phenols is 1. The van der Waals surface area contributed by atoms with Gasteiger partial charge in [0.15, 0.2) is 0 Å². The van der Waals surface area contributed by atoms with E-state index in [1.165, 1.54) is 23.6 Å². The fourth-order valence-electron chi connectivity index (χ4n) is 2.24. The lowest BCUT2D eigenvalue weighted by Crippen LogP contribution is -2.04. The largest absolute Gasteiger partial charge is 0.507 e. The number of aromatic nitrogens is 1. The van der Waals surface area contributed by atoms with Gasteiger partial charge in [-0.15, -0.1) is 11.3 Å². The van der Waals surface area contributed by atoms with Gasteiger partial charge in [0.2, 0.25) is 0 Å². The maximum absolute atomic E-state index is 12.7. The number of benzene rings is 2. The molecule has 0 amide bonds. The Morgan fingerprint density at radius 3 is 2.50 bits per heavy atom. The summed E-state index contributed by atoms with van der Waals surface area (Å²) in [5, 5.41) is 22.9. The van der Waals surface area contributed by atoms with E-state index in [4.69, 9.17) is 11.6 Å². The summed E-state index contributed by atoms with van der Waals surface area (Å²) in [6.45, 7) is 0. The minimum Gasteiger partial charge on any atom is -0.507 e. The van der Waals surface area contributed by atoms with Crippen molar-refractivity contribution in [2.75, 3.05) is 0 Å². The molecule has 0 bridgehead atoms. The second kappa shape index (κ2) is 6.58. The normalized spacial score (nSPS) is 11.5. The zero-order valence-electron chi connectivity index (χ0n) is 12.6. The molecule has 0 fully saturated rings. The number of phenolic OH excluding ortho intramolecular Hbond substituents is 1. The quantitative estimate of drug-likeness (QED) is 0.447. The van der Waals surface area contributed by atoms with Gasteiger partial charge in [-0.25, -0.2) is 4.98 Å². The van der Waals surface area contributed by atoms with E-state index in [0.717, 1.165) is 23.5 Å². The number of non-ortho nitro benzene ring substituents is 1. The number of rotatable bonds is 3. The van der Waals surface area contributed by atoms with Crippen molar-refractivity contribution in [2.24, 2.45) is 0 Å². The van der Waals surface area contributed by atoms with Crippen LogP contribution in [0.15, 0.2) is 41.8 Å². The van der Waals surface area contributed by atoms with E-state index in [0.29, 0.717) is 16.6 Å². The molecule has 0 aliphatic rings. The van der Waals surface area contributed by atoms with Crippen LogP contribution in [0.5, 0.6) is 5.75 Å². The van der Waals surface area contributed by atoms with Crippen molar-refractivity contribution in [1.82, 2.24) is 4.98 Å². The summed E-state index contributed by atoms with van der Waals surface area (Å²) in [6, 6.07) is 6.46. The Bertz CT molecular complexity index is 1000. The summed E-state index contributed by atoms with van der Waals surface area (Å²) < 4.78 is 38.0. The number of alkyl halides is 3. The van der Waals surface area contributed by atoms with Crippen LogP contribution in [0, 0.1) is 10.1 Å². The summed E-state index contributed by atoms with van der Waals surface area (Å²) in [6.07, 6.45) is -4.57. The zero-order chi connectivity index (χ0) is 19.1. The molecule has 2 aromatic carbocycles. The minimum atomic E-state index is -4.57. The third kappa shape index (κ3) is 3.49. The molecule has 0 saturated carbocycles. The summed E-state index contributed by atoms with van der Waals surface area (Å²) >= 11 is 7.16. The molecule has 10 heteroatoms. The number of nitro benzene ring substituents is 1. The molecule has 0 atom stereocenters. The van der Waals surface area contributed by atoms with Crippen molar-refractivity contribution in [2.45, 2.75) is 6.18 Å². The molecule has 1 heterocycles. The van der Waals surface area contributed by atoms with E-state index < -0.39 is 22.4 Å². The van der Waals surface area contributed by atoms with Crippen LogP contribution >= 0.6 is 22.9 Å². The maximum Gasteiger partial charge on any atom is 0.416 e. The lowest BCUT2D eigenvalue weighted by atomic mass is 10.1. The fourth-order valence-corrected chi connectivity index (χ4v) is 3.35. The highest BCUT2D eigenvalue weighted by molar-refractivity contribution is 7.13. The highest BCUT2D eigenvalue weighted by Crippen LogP contribution is 2.39. The van der Waals surface area contributed by atoms with Crippen molar-refractivity contribution in [3.05, 3.63) is 62.5 Å². The van der Waals surface area contributed by atoms with Gasteiger partial charge in [-0.2, -0.15) is 13.2 Å². The van der Waals surface area contributed by atoms with Crippen LogP contribution in [0.3, 0.4) is 0 Å². The van der Waals surface area contributed by atoms with Crippen LogP contribution in [-0.2, 0) is 6.18 Å². The van der Waals surface area contributed by atoms with Gasteiger partial charge in [-0.05, 0) is 24.3 Å². The first-order valence-electron chi connectivity index (χ1n) is 6.97. The molecule has 1 aromatic heterocycles. The standard InChI is InChI=1S/C16H8ClF3N2O3S/c17-12-4-2-9(22(24)25)6-11(12)15-21-13(7-26-15)10-3-1-8(5-14(10)23)16(18,19)20/h1-7,23H. The molecule has 3 aromatic rings. The fraction of sp³-hybridized carbons (Fsp3) is 0.0625. The highest BCUT2D eigenvalue weighted by atomic mass is 35.5. The molecular weight excluding hydrogens is 393 g/mol. The molecule has 0 aliphatic heterocycles. The smallest absolute Gasteiger partial charge is 0.416 e. The van der Waals surface area contributed by atoms with Crippen molar-refractivity contribution >= 4 is 28.6 Å². The third-order valence-electron chi connectivity index (χ3n) is 3.50. The molecule has 0 unspecified atom stereocenters. The zero-order valence-corrected chi connectivity index (χ0v) is 14.2. The molecule has 26 heavy (non-hydrogen) atoms. The van der Waals surface area contributed by atoms with Crippen molar-refractivity contribution in [1.29, 1.82) is 0 Å². The van der Waals surface area contributed by atoms with Gasteiger partial charge in [0.25, 0.3) is 5.69 Å². The Labute approximate surface area is 153 Å². The molecule has 0 radical (unpaired) electrons. The SMILES string of the molecule is O=[N+]([O-])c1ccc(Cl)c(-c2nc(-c3ccc(C(F)(F)F)cc3O)cs2)c1. The first-order valence-corrected chi connectivity index (χ1v) is 8.23. The van der Waals surface area contributed by atoms with Gasteiger partial charge >= 0.3 is 6.18 Å². The number of hydrogen-bond donors (Lipinski definition) is 1. The van der Waals surface area contributed by atoms with Gasteiger partial charge in [-0.1, -0.05) is 11.6 Å². The molecule has 5 nitrogen and oxygen atoms in total.